The highest BCUT2D eigenvalue weighted by Gasteiger charge is 1.93. The van der Waals surface area contributed by atoms with Gasteiger partial charge in [0.25, 0.3) is 0 Å². The third-order valence-electron chi connectivity index (χ3n) is 1.01. The van der Waals surface area contributed by atoms with Gasteiger partial charge in [-0.05, 0) is 25.1 Å². The fraction of sp³-hybridized carbons (Fsp3) is 0.250. The van der Waals surface area contributed by atoms with E-state index in [0.717, 1.165) is 5.75 Å². The van der Waals surface area contributed by atoms with Crippen LogP contribution in [0.25, 0.3) is 0 Å². The molecule has 1 atom stereocenters. The third kappa shape index (κ3) is 2.07. The molecule has 0 bridgehead atoms. The van der Waals surface area contributed by atoms with Crippen molar-refractivity contribution in [2.24, 2.45) is 5.73 Å². The first-order valence-corrected chi connectivity index (χ1v) is 3.17. The summed E-state index contributed by atoms with van der Waals surface area (Å²) < 4.78 is 5.17. The van der Waals surface area contributed by atoms with Crippen LogP contribution in [0.2, 0.25) is 0 Å². The maximum absolute atomic E-state index is 5.39. The zero-order valence-electron chi connectivity index (χ0n) is 5.87. The van der Waals surface area contributed by atoms with E-state index >= 15 is 0 Å². The van der Waals surface area contributed by atoms with E-state index < -0.39 is 0 Å². The van der Waals surface area contributed by atoms with Crippen molar-refractivity contribution in [1.29, 1.82) is 0 Å². The summed E-state index contributed by atoms with van der Waals surface area (Å²) in [4.78, 5) is 0. The minimum absolute atomic E-state index is 0.248. The predicted molar refractivity (Wildman–Crippen MR) is 39.6 cm³/mol. The van der Waals surface area contributed by atoms with E-state index in [0.29, 0.717) is 0 Å². The zero-order valence-corrected chi connectivity index (χ0v) is 5.87. The van der Waals surface area contributed by atoms with Crippen molar-refractivity contribution >= 4 is 0 Å². The Bertz CT molecular complexity index is 184. The van der Waals surface area contributed by atoms with Gasteiger partial charge in [-0.2, -0.15) is 0 Å². The van der Waals surface area contributed by atoms with Crippen LogP contribution in [0.1, 0.15) is 6.92 Å². The van der Waals surface area contributed by atoms with Gasteiger partial charge in [0.15, 0.2) is 0 Å². The summed E-state index contributed by atoms with van der Waals surface area (Å²) in [5, 5.41) is 0. The summed E-state index contributed by atoms with van der Waals surface area (Å²) >= 11 is 0. The molecule has 1 aromatic rings. The minimum atomic E-state index is -0.248. The molecule has 2 N–H and O–H groups in total. The molecule has 0 aliphatic rings. The molecule has 0 amide bonds. The van der Waals surface area contributed by atoms with Gasteiger partial charge in [0, 0.05) is 0 Å². The molecule has 1 radical (unpaired) electrons. The van der Waals surface area contributed by atoms with Gasteiger partial charge in [-0.1, -0.05) is 12.1 Å². The molecule has 1 aromatic carbocycles. The molecule has 1 unspecified atom stereocenters. The molecule has 53 valence electrons. The summed E-state index contributed by atoms with van der Waals surface area (Å²) in [6.45, 7) is 1.79. The molecule has 0 saturated heterocycles. The Morgan fingerprint density at radius 2 is 2.10 bits per heavy atom. The monoisotopic (exact) mass is 136 g/mol. The van der Waals surface area contributed by atoms with E-state index in [1.54, 1.807) is 19.1 Å². The van der Waals surface area contributed by atoms with Crippen LogP contribution in [0.15, 0.2) is 24.3 Å². The van der Waals surface area contributed by atoms with Gasteiger partial charge < -0.3 is 4.74 Å². The maximum Gasteiger partial charge on any atom is 0.144 e. The molecule has 1 rings (SSSR count). The first kappa shape index (κ1) is 7.09. The van der Waals surface area contributed by atoms with Crippen LogP contribution in [0.4, 0.5) is 0 Å². The van der Waals surface area contributed by atoms with E-state index in [1.807, 2.05) is 12.1 Å². The van der Waals surface area contributed by atoms with Crippen LogP contribution in [-0.2, 0) is 0 Å². The largest absolute Gasteiger partial charge is 0.476 e. The van der Waals surface area contributed by atoms with Crippen LogP contribution in [-0.4, -0.2) is 6.23 Å². The Morgan fingerprint density at radius 1 is 1.50 bits per heavy atom. The van der Waals surface area contributed by atoms with Crippen molar-refractivity contribution in [3.05, 3.63) is 30.3 Å². The number of ether oxygens (including phenoxy) is 1. The predicted octanol–water partition coefficient (Wildman–Crippen LogP) is 1.17. The summed E-state index contributed by atoms with van der Waals surface area (Å²) in [5.41, 5.74) is 5.39. The highest BCUT2D eigenvalue weighted by molar-refractivity contribution is 5.20. The normalized spacial score (nSPS) is 12.6. The lowest BCUT2D eigenvalue weighted by molar-refractivity contribution is 0.230. The van der Waals surface area contributed by atoms with Gasteiger partial charge in [0.05, 0.1) is 0 Å². The molecule has 0 fully saturated rings. The molecule has 2 nitrogen and oxygen atoms in total. The van der Waals surface area contributed by atoms with E-state index in [4.69, 9.17) is 10.5 Å². The second kappa shape index (κ2) is 3.22. The molecular formula is C8H10NO. The topological polar surface area (TPSA) is 35.2 Å². The molecule has 10 heavy (non-hydrogen) atoms. The standard InChI is InChI=1S/C8H10NO/c1-7(9)10-8-5-3-2-4-6-8/h3-7H,9H2,1H3. The Labute approximate surface area is 60.6 Å². The number of hydrogen-bond acceptors (Lipinski definition) is 2. The summed E-state index contributed by atoms with van der Waals surface area (Å²) in [5.74, 6) is 0.786. The Morgan fingerprint density at radius 3 is 2.60 bits per heavy atom. The first-order valence-electron chi connectivity index (χ1n) is 3.17. The molecule has 0 aliphatic heterocycles. The summed E-state index contributed by atoms with van der Waals surface area (Å²) in [6.07, 6.45) is -0.248. The van der Waals surface area contributed by atoms with Crippen molar-refractivity contribution in [3.63, 3.8) is 0 Å². The van der Waals surface area contributed by atoms with Crippen molar-refractivity contribution < 1.29 is 4.74 Å². The first-order chi connectivity index (χ1) is 4.79. The van der Waals surface area contributed by atoms with Crippen molar-refractivity contribution in [3.8, 4) is 5.75 Å². The zero-order chi connectivity index (χ0) is 7.40. The molecule has 2 heteroatoms. The van der Waals surface area contributed by atoms with Crippen LogP contribution < -0.4 is 10.5 Å². The van der Waals surface area contributed by atoms with Crippen LogP contribution in [0.3, 0.4) is 0 Å². The average molecular weight is 136 g/mol. The second-order valence-corrected chi connectivity index (χ2v) is 2.06. The summed E-state index contributed by atoms with van der Waals surface area (Å²) in [7, 11) is 0. The Balaban J connectivity index is 2.59. The van der Waals surface area contributed by atoms with Crippen molar-refractivity contribution in [1.82, 2.24) is 0 Å². The fourth-order valence-electron chi connectivity index (χ4n) is 0.665. The Hall–Kier alpha value is -1.02. The summed E-state index contributed by atoms with van der Waals surface area (Å²) in [6, 6.07) is 10.1. The fourth-order valence-corrected chi connectivity index (χ4v) is 0.665. The highest BCUT2D eigenvalue weighted by atomic mass is 16.5. The number of nitrogens with two attached hydrogens (primary N) is 1. The van der Waals surface area contributed by atoms with Crippen molar-refractivity contribution in [2.75, 3.05) is 0 Å². The molecule has 0 saturated carbocycles. The quantitative estimate of drug-likeness (QED) is 0.619. The average Bonchev–Trinajstić information content (AvgIpc) is 1.88. The smallest absolute Gasteiger partial charge is 0.144 e. The van der Waals surface area contributed by atoms with E-state index in [9.17, 15) is 0 Å². The molecule has 0 aliphatic carbocycles. The minimum Gasteiger partial charge on any atom is -0.476 e. The number of benzene rings is 1. The lowest BCUT2D eigenvalue weighted by atomic mass is 10.3. The lowest BCUT2D eigenvalue weighted by Crippen LogP contribution is -2.22. The third-order valence-corrected chi connectivity index (χ3v) is 1.01. The molecule has 0 spiro atoms. The van der Waals surface area contributed by atoms with Gasteiger partial charge in [-0.3, -0.25) is 5.73 Å². The second-order valence-electron chi connectivity index (χ2n) is 2.06. The van der Waals surface area contributed by atoms with Crippen LogP contribution in [0.5, 0.6) is 5.75 Å². The highest BCUT2D eigenvalue weighted by Crippen LogP contribution is 2.08. The molecular weight excluding hydrogens is 126 g/mol. The Kier molecular flexibility index (Phi) is 2.29. The van der Waals surface area contributed by atoms with E-state index in [2.05, 4.69) is 6.07 Å². The van der Waals surface area contributed by atoms with Crippen LogP contribution in [0, 0.1) is 6.07 Å². The lowest BCUT2D eigenvalue weighted by Gasteiger charge is -2.07. The van der Waals surface area contributed by atoms with Crippen molar-refractivity contribution in [2.45, 2.75) is 13.2 Å². The number of rotatable bonds is 2. The molecule has 0 aromatic heterocycles. The van der Waals surface area contributed by atoms with Gasteiger partial charge in [0.1, 0.15) is 12.0 Å². The SMILES string of the molecule is CC(N)Oc1cc[c]cc1. The van der Waals surface area contributed by atoms with Crippen LogP contribution >= 0.6 is 0 Å². The van der Waals surface area contributed by atoms with Gasteiger partial charge in [0.2, 0.25) is 0 Å². The molecule has 0 heterocycles. The number of hydrogen-bond donors (Lipinski definition) is 1. The van der Waals surface area contributed by atoms with Gasteiger partial charge in [-0.25, -0.2) is 0 Å². The maximum atomic E-state index is 5.39. The van der Waals surface area contributed by atoms with E-state index in [-0.39, 0.29) is 6.23 Å². The van der Waals surface area contributed by atoms with E-state index in [1.165, 1.54) is 0 Å². The van der Waals surface area contributed by atoms with Gasteiger partial charge in [-0.15, -0.1) is 0 Å². The van der Waals surface area contributed by atoms with Gasteiger partial charge >= 0.3 is 0 Å².